The Labute approximate surface area is 157 Å². The number of piperidine rings is 1. The van der Waals surface area contributed by atoms with Crippen LogP contribution in [0, 0.1) is 0 Å². The van der Waals surface area contributed by atoms with Crippen molar-refractivity contribution in [2.45, 2.75) is 25.7 Å². The third-order valence-corrected chi connectivity index (χ3v) is 5.21. The monoisotopic (exact) mass is 363 g/mol. The summed E-state index contributed by atoms with van der Waals surface area (Å²) in [5.74, 6) is 0.740. The average Bonchev–Trinajstić information content (AvgIpc) is 3.34. The summed E-state index contributed by atoms with van der Waals surface area (Å²) >= 11 is 0. The molecule has 0 unspecified atom stereocenters. The van der Waals surface area contributed by atoms with Crippen molar-refractivity contribution in [2.75, 3.05) is 29.9 Å². The van der Waals surface area contributed by atoms with E-state index in [2.05, 4.69) is 15.2 Å². The van der Waals surface area contributed by atoms with Crippen molar-refractivity contribution >= 4 is 28.7 Å². The molecule has 5 rings (SSSR count). The van der Waals surface area contributed by atoms with Crippen molar-refractivity contribution in [1.82, 2.24) is 4.98 Å². The molecular formula is C21H21N3O3. The lowest BCUT2D eigenvalue weighted by molar-refractivity contribution is 0.102. The number of fused-ring (bicyclic) bond motifs is 2. The maximum atomic E-state index is 12.6. The molecule has 3 aromatic rings. The van der Waals surface area contributed by atoms with Gasteiger partial charge in [-0.05, 0) is 61.2 Å². The van der Waals surface area contributed by atoms with E-state index >= 15 is 0 Å². The number of nitrogens with zero attached hydrogens (tertiary/aromatic N) is 2. The highest BCUT2D eigenvalue weighted by Gasteiger charge is 2.18. The molecule has 0 radical (unpaired) electrons. The Hall–Kier alpha value is -3.02. The summed E-state index contributed by atoms with van der Waals surface area (Å²) < 4.78 is 11.4. The number of amides is 1. The normalized spacial score (nSPS) is 16.2. The average molecular weight is 363 g/mol. The van der Waals surface area contributed by atoms with E-state index in [9.17, 15) is 4.79 Å². The number of hydrogen-bond acceptors (Lipinski definition) is 5. The molecule has 2 aliphatic heterocycles. The van der Waals surface area contributed by atoms with Crippen LogP contribution in [0.3, 0.4) is 0 Å². The fourth-order valence-corrected chi connectivity index (χ4v) is 3.74. The van der Waals surface area contributed by atoms with Crippen LogP contribution in [0.2, 0.25) is 0 Å². The number of hydrogen-bond donors (Lipinski definition) is 1. The smallest absolute Gasteiger partial charge is 0.298 e. The fraction of sp³-hybridized carbons (Fsp3) is 0.333. The van der Waals surface area contributed by atoms with E-state index in [1.807, 2.05) is 30.3 Å². The van der Waals surface area contributed by atoms with Gasteiger partial charge in [-0.1, -0.05) is 0 Å². The molecule has 138 valence electrons. The van der Waals surface area contributed by atoms with Crippen molar-refractivity contribution in [3.8, 4) is 5.75 Å². The summed E-state index contributed by atoms with van der Waals surface area (Å²) in [6, 6.07) is 11.8. The number of benzene rings is 2. The van der Waals surface area contributed by atoms with Gasteiger partial charge in [0, 0.05) is 30.8 Å². The van der Waals surface area contributed by atoms with Crippen LogP contribution < -0.4 is 15.0 Å². The zero-order valence-electron chi connectivity index (χ0n) is 15.0. The van der Waals surface area contributed by atoms with E-state index in [0.29, 0.717) is 23.9 Å². The predicted molar refractivity (Wildman–Crippen MR) is 104 cm³/mol. The second kappa shape index (κ2) is 6.61. The molecule has 6 heteroatoms. The Morgan fingerprint density at radius 2 is 1.96 bits per heavy atom. The molecule has 2 aliphatic rings. The number of anilines is 2. The van der Waals surface area contributed by atoms with Crippen molar-refractivity contribution in [3.05, 3.63) is 47.5 Å². The molecular weight excluding hydrogens is 342 g/mol. The molecule has 1 N–H and O–H groups in total. The summed E-state index contributed by atoms with van der Waals surface area (Å²) in [6.07, 6.45) is 4.46. The first-order valence-corrected chi connectivity index (χ1v) is 9.49. The van der Waals surface area contributed by atoms with E-state index < -0.39 is 0 Å². The standard InChI is InChI=1S/C21H21N3O3/c25-20(15-4-6-18-14(12-15)8-11-26-18)22-16-5-7-19-17(13-16)23-21(27-19)24-9-2-1-3-10-24/h4-7,12-13H,1-3,8-11H2,(H,22,25). The van der Waals surface area contributed by atoms with Gasteiger partial charge in [-0.25, -0.2) is 0 Å². The van der Waals surface area contributed by atoms with Crippen LogP contribution in [0.15, 0.2) is 40.8 Å². The van der Waals surface area contributed by atoms with Gasteiger partial charge >= 0.3 is 0 Å². The molecule has 1 aromatic heterocycles. The SMILES string of the molecule is O=C(Nc1ccc2oc(N3CCCCC3)nc2c1)c1ccc2c(c1)CCO2. The summed E-state index contributed by atoms with van der Waals surface area (Å²) in [5, 5.41) is 2.96. The lowest BCUT2D eigenvalue weighted by atomic mass is 10.1. The van der Waals surface area contributed by atoms with Crippen molar-refractivity contribution in [1.29, 1.82) is 0 Å². The van der Waals surface area contributed by atoms with Crippen LogP contribution in [0.1, 0.15) is 35.2 Å². The quantitative estimate of drug-likeness (QED) is 0.762. The zero-order valence-corrected chi connectivity index (χ0v) is 15.0. The number of rotatable bonds is 3. The van der Waals surface area contributed by atoms with Gasteiger partial charge in [0.25, 0.3) is 11.9 Å². The maximum Gasteiger partial charge on any atom is 0.298 e. The third kappa shape index (κ3) is 3.12. The molecule has 1 fully saturated rings. The third-order valence-electron chi connectivity index (χ3n) is 5.21. The minimum atomic E-state index is -0.135. The van der Waals surface area contributed by atoms with Crippen molar-refractivity contribution in [2.24, 2.45) is 0 Å². The highest BCUT2D eigenvalue weighted by atomic mass is 16.5. The molecule has 0 aliphatic carbocycles. The first kappa shape index (κ1) is 16.2. The van der Waals surface area contributed by atoms with E-state index in [0.717, 1.165) is 41.9 Å². The first-order valence-electron chi connectivity index (χ1n) is 9.49. The molecule has 0 bridgehead atoms. The van der Waals surface area contributed by atoms with E-state index in [4.69, 9.17) is 9.15 Å². The lowest BCUT2D eigenvalue weighted by Crippen LogP contribution is -2.29. The number of nitrogens with one attached hydrogen (secondary N) is 1. The van der Waals surface area contributed by atoms with Crippen LogP contribution in [-0.2, 0) is 6.42 Å². The van der Waals surface area contributed by atoms with E-state index in [1.165, 1.54) is 19.3 Å². The molecule has 1 saturated heterocycles. The van der Waals surface area contributed by atoms with Crippen LogP contribution in [0.25, 0.3) is 11.1 Å². The predicted octanol–water partition coefficient (Wildman–Crippen LogP) is 4.01. The Balaban J connectivity index is 1.36. The van der Waals surface area contributed by atoms with Crippen LogP contribution in [0.4, 0.5) is 11.7 Å². The summed E-state index contributed by atoms with van der Waals surface area (Å²) in [4.78, 5) is 19.4. The van der Waals surface area contributed by atoms with Gasteiger partial charge in [-0.3, -0.25) is 4.79 Å². The summed E-state index contributed by atoms with van der Waals surface area (Å²) in [6.45, 7) is 2.65. The highest BCUT2D eigenvalue weighted by Crippen LogP contribution is 2.28. The largest absolute Gasteiger partial charge is 0.493 e. The van der Waals surface area contributed by atoms with Gasteiger partial charge in [0.2, 0.25) is 0 Å². The molecule has 1 amide bonds. The van der Waals surface area contributed by atoms with E-state index in [-0.39, 0.29) is 5.91 Å². The van der Waals surface area contributed by atoms with Crippen LogP contribution in [-0.4, -0.2) is 30.6 Å². The van der Waals surface area contributed by atoms with E-state index in [1.54, 1.807) is 6.07 Å². The van der Waals surface area contributed by atoms with Gasteiger partial charge in [0.15, 0.2) is 5.58 Å². The number of aromatic nitrogens is 1. The van der Waals surface area contributed by atoms with Crippen molar-refractivity contribution in [3.63, 3.8) is 0 Å². The van der Waals surface area contributed by atoms with Crippen LogP contribution >= 0.6 is 0 Å². The minimum absolute atomic E-state index is 0.135. The Morgan fingerprint density at radius 3 is 2.85 bits per heavy atom. The number of ether oxygens (including phenoxy) is 1. The van der Waals surface area contributed by atoms with Gasteiger partial charge < -0.3 is 19.4 Å². The maximum absolute atomic E-state index is 12.6. The molecule has 0 atom stereocenters. The minimum Gasteiger partial charge on any atom is -0.493 e. The molecule has 6 nitrogen and oxygen atoms in total. The lowest BCUT2D eigenvalue weighted by Gasteiger charge is -2.24. The molecule has 2 aromatic carbocycles. The number of oxazole rings is 1. The van der Waals surface area contributed by atoms with Crippen LogP contribution in [0.5, 0.6) is 5.75 Å². The fourth-order valence-electron chi connectivity index (χ4n) is 3.74. The summed E-state index contributed by atoms with van der Waals surface area (Å²) in [7, 11) is 0. The molecule has 3 heterocycles. The van der Waals surface area contributed by atoms with Gasteiger partial charge in [0.05, 0.1) is 6.61 Å². The van der Waals surface area contributed by atoms with Gasteiger partial charge in [-0.15, -0.1) is 0 Å². The Morgan fingerprint density at radius 1 is 1.07 bits per heavy atom. The van der Waals surface area contributed by atoms with Gasteiger partial charge in [-0.2, -0.15) is 4.98 Å². The number of carbonyl (C=O) groups excluding carboxylic acids is 1. The highest BCUT2D eigenvalue weighted by molar-refractivity contribution is 6.05. The second-order valence-electron chi connectivity index (χ2n) is 7.10. The molecule has 0 spiro atoms. The first-order chi connectivity index (χ1) is 13.3. The summed E-state index contributed by atoms with van der Waals surface area (Å²) in [5.41, 5.74) is 3.93. The Bertz CT molecular complexity index is 1010. The molecule has 27 heavy (non-hydrogen) atoms. The van der Waals surface area contributed by atoms with Gasteiger partial charge in [0.1, 0.15) is 11.3 Å². The second-order valence-corrected chi connectivity index (χ2v) is 7.10. The number of carbonyl (C=O) groups is 1. The topological polar surface area (TPSA) is 67.6 Å². The Kier molecular flexibility index (Phi) is 3.96. The van der Waals surface area contributed by atoms with Crippen molar-refractivity contribution < 1.29 is 13.9 Å². The molecule has 0 saturated carbocycles. The zero-order chi connectivity index (χ0) is 18.2.